The third-order valence-corrected chi connectivity index (χ3v) is 4.69. The number of hydrogen-bond acceptors (Lipinski definition) is 4. The third-order valence-electron chi connectivity index (χ3n) is 4.69. The number of aryl methyl sites for hydroxylation is 1. The zero-order chi connectivity index (χ0) is 17.2. The lowest BCUT2D eigenvalue weighted by Crippen LogP contribution is -2.36. The molecule has 1 aromatic heterocycles. The maximum atomic E-state index is 12.8. The fourth-order valence-corrected chi connectivity index (χ4v) is 3.28. The van der Waals surface area contributed by atoms with Crippen molar-refractivity contribution in [2.24, 2.45) is 0 Å². The van der Waals surface area contributed by atoms with E-state index in [4.69, 9.17) is 9.15 Å². The minimum Gasteiger partial charge on any atom is -0.440 e. The Bertz CT molecular complexity index is 941. The monoisotopic (exact) mass is 335 g/mol. The molecule has 25 heavy (non-hydrogen) atoms. The second-order valence-corrected chi connectivity index (χ2v) is 6.29. The van der Waals surface area contributed by atoms with Crippen LogP contribution in [0.25, 0.3) is 22.1 Å². The molecule has 1 saturated heterocycles. The van der Waals surface area contributed by atoms with E-state index in [0.29, 0.717) is 30.1 Å². The lowest BCUT2D eigenvalue weighted by atomic mass is 9.98. The molecule has 1 fully saturated rings. The summed E-state index contributed by atoms with van der Waals surface area (Å²) in [4.78, 5) is 14.9. The summed E-state index contributed by atoms with van der Waals surface area (Å²) in [5, 5.41) is 0.648. The Morgan fingerprint density at radius 3 is 2.52 bits per heavy atom. The van der Waals surface area contributed by atoms with Crippen molar-refractivity contribution < 1.29 is 9.15 Å². The van der Waals surface area contributed by atoms with Gasteiger partial charge in [0.1, 0.15) is 5.58 Å². The van der Waals surface area contributed by atoms with Crippen molar-refractivity contribution in [2.45, 2.75) is 13.3 Å². The van der Waals surface area contributed by atoms with E-state index in [2.05, 4.69) is 30.0 Å². The lowest BCUT2D eigenvalue weighted by molar-refractivity contribution is 0.121. The molecule has 1 aliphatic heterocycles. The quantitative estimate of drug-likeness (QED) is 0.729. The highest BCUT2D eigenvalue weighted by atomic mass is 16.5. The summed E-state index contributed by atoms with van der Waals surface area (Å²) in [6, 6.07) is 15.8. The fourth-order valence-electron chi connectivity index (χ4n) is 3.28. The van der Waals surface area contributed by atoms with Crippen molar-refractivity contribution in [3.63, 3.8) is 0 Å². The normalized spacial score (nSPS) is 14.8. The average Bonchev–Trinajstić information content (AvgIpc) is 2.68. The van der Waals surface area contributed by atoms with Gasteiger partial charge >= 0.3 is 0 Å². The number of ether oxygens (including phenoxy) is 1. The van der Waals surface area contributed by atoms with Crippen LogP contribution in [0.3, 0.4) is 0 Å². The van der Waals surface area contributed by atoms with Crippen LogP contribution in [0, 0.1) is 0 Å². The van der Waals surface area contributed by atoms with Crippen molar-refractivity contribution in [1.82, 2.24) is 0 Å². The first-order valence-corrected chi connectivity index (χ1v) is 8.75. The Kier molecular flexibility index (Phi) is 4.28. The van der Waals surface area contributed by atoms with Gasteiger partial charge < -0.3 is 14.1 Å². The molecule has 0 radical (unpaired) electrons. The molecular weight excluding hydrogens is 314 g/mol. The largest absolute Gasteiger partial charge is 0.440 e. The second-order valence-electron chi connectivity index (χ2n) is 6.29. The Morgan fingerprint density at radius 1 is 1.04 bits per heavy atom. The highest BCUT2D eigenvalue weighted by Crippen LogP contribution is 2.31. The van der Waals surface area contributed by atoms with Crippen molar-refractivity contribution in [3.8, 4) is 11.1 Å². The maximum Gasteiger partial charge on any atom is 0.200 e. The summed E-state index contributed by atoms with van der Waals surface area (Å²) in [5.74, 6) is 0.627. The molecule has 0 saturated carbocycles. The van der Waals surface area contributed by atoms with E-state index < -0.39 is 0 Å². The van der Waals surface area contributed by atoms with Crippen molar-refractivity contribution >= 4 is 16.9 Å². The van der Waals surface area contributed by atoms with E-state index >= 15 is 0 Å². The lowest BCUT2D eigenvalue weighted by Gasteiger charge is -2.27. The minimum atomic E-state index is 0.00947. The zero-order valence-electron chi connectivity index (χ0n) is 14.3. The van der Waals surface area contributed by atoms with Gasteiger partial charge in [-0.1, -0.05) is 37.3 Å². The highest BCUT2D eigenvalue weighted by Gasteiger charge is 2.18. The van der Waals surface area contributed by atoms with Gasteiger partial charge in [0.05, 0.1) is 18.6 Å². The van der Waals surface area contributed by atoms with Crippen LogP contribution in [-0.2, 0) is 11.2 Å². The SMILES string of the molecule is CCc1cc(-c2ccccc2)c2oc(N3CCOCC3)cc(=O)c2c1. The second kappa shape index (κ2) is 6.73. The highest BCUT2D eigenvalue weighted by molar-refractivity contribution is 5.93. The number of anilines is 1. The zero-order valence-corrected chi connectivity index (χ0v) is 14.3. The third kappa shape index (κ3) is 3.05. The first-order chi connectivity index (χ1) is 12.3. The number of morpholine rings is 1. The predicted molar refractivity (Wildman–Crippen MR) is 100 cm³/mol. The molecule has 1 aliphatic rings. The molecule has 4 heteroatoms. The van der Waals surface area contributed by atoms with Crippen LogP contribution in [0.1, 0.15) is 12.5 Å². The number of hydrogen-bond donors (Lipinski definition) is 0. The van der Waals surface area contributed by atoms with Crippen LogP contribution in [-0.4, -0.2) is 26.3 Å². The minimum absolute atomic E-state index is 0.00947. The molecule has 0 amide bonds. The molecule has 0 atom stereocenters. The summed E-state index contributed by atoms with van der Waals surface area (Å²) in [7, 11) is 0. The Labute approximate surface area is 146 Å². The van der Waals surface area contributed by atoms with E-state index in [-0.39, 0.29) is 5.43 Å². The summed E-state index contributed by atoms with van der Waals surface area (Å²) >= 11 is 0. The van der Waals surface area contributed by atoms with Gasteiger partial charge in [0.2, 0.25) is 0 Å². The molecule has 0 bridgehead atoms. The predicted octanol–water partition coefficient (Wildman–Crippen LogP) is 3.86. The van der Waals surface area contributed by atoms with E-state index in [0.717, 1.165) is 36.2 Å². The molecule has 4 rings (SSSR count). The van der Waals surface area contributed by atoms with Crippen LogP contribution < -0.4 is 10.3 Å². The van der Waals surface area contributed by atoms with Crippen LogP contribution in [0.2, 0.25) is 0 Å². The average molecular weight is 335 g/mol. The molecule has 128 valence electrons. The van der Waals surface area contributed by atoms with Gasteiger partial charge in [-0.3, -0.25) is 4.79 Å². The molecule has 0 aliphatic carbocycles. The van der Waals surface area contributed by atoms with Gasteiger partial charge in [0, 0.05) is 24.7 Å². The Hall–Kier alpha value is -2.59. The van der Waals surface area contributed by atoms with Gasteiger partial charge in [-0.25, -0.2) is 0 Å². The van der Waals surface area contributed by atoms with Crippen LogP contribution in [0.15, 0.2) is 57.7 Å². The molecule has 2 aromatic carbocycles. The van der Waals surface area contributed by atoms with Gasteiger partial charge in [-0.2, -0.15) is 0 Å². The van der Waals surface area contributed by atoms with E-state index in [1.807, 2.05) is 24.3 Å². The number of rotatable bonds is 3. The van der Waals surface area contributed by atoms with Crippen LogP contribution in [0.5, 0.6) is 0 Å². The summed E-state index contributed by atoms with van der Waals surface area (Å²) in [6.07, 6.45) is 0.875. The van der Waals surface area contributed by atoms with Crippen molar-refractivity contribution in [2.75, 3.05) is 31.2 Å². The van der Waals surface area contributed by atoms with E-state index in [1.54, 1.807) is 6.07 Å². The van der Waals surface area contributed by atoms with Crippen molar-refractivity contribution in [3.05, 3.63) is 64.3 Å². The van der Waals surface area contributed by atoms with Crippen LogP contribution in [0.4, 0.5) is 5.88 Å². The summed E-state index contributed by atoms with van der Waals surface area (Å²) in [5.41, 5.74) is 3.85. The van der Waals surface area contributed by atoms with Gasteiger partial charge in [-0.15, -0.1) is 0 Å². The van der Waals surface area contributed by atoms with Gasteiger partial charge in [-0.05, 0) is 29.7 Å². The molecule has 2 heterocycles. The topological polar surface area (TPSA) is 42.7 Å². The summed E-state index contributed by atoms with van der Waals surface area (Å²) in [6.45, 7) is 4.88. The van der Waals surface area contributed by atoms with E-state index in [9.17, 15) is 4.79 Å². The fraction of sp³-hybridized carbons (Fsp3) is 0.286. The first kappa shape index (κ1) is 15.9. The maximum absolute atomic E-state index is 12.8. The Morgan fingerprint density at radius 2 is 1.80 bits per heavy atom. The number of fused-ring (bicyclic) bond motifs is 1. The first-order valence-electron chi connectivity index (χ1n) is 8.75. The van der Waals surface area contributed by atoms with Crippen LogP contribution >= 0.6 is 0 Å². The van der Waals surface area contributed by atoms with Gasteiger partial charge in [0.15, 0.2) is 11.3 Å². The van der Waals surface area contributed by atoms with Crippen molar-refractivity contribution in [1.29, 1.82) is 0 Å². The summed E-state index contributed by atoms with van der Waals surface area (Å²) < 4.78 is 11.6. The Balaban J connectivity index is 1.95. The molecule has 0 N–H and O–H groups in total. The molecule has 4 nitrogen and oxygen atoms in total. The van der Waals surface area contributed by atoms with E-state index in [1.165, 1.54) is 0 Å². The smallest absolute Gasteiger partial charge is 0.200 e. The molecule has 0 spiro atoms. The molecule has 0 unspecified atom stereocenters. The number of benzene rings is 2. The van der Waals surface area contributed by atoms with Gasteiger partial charge in [0.25, 0.3) is 0 Å². The molecule has 3 aromatic rings. The molecular formula is C21H21NO3. The standard InChI is InChI=1S/C21H21NO3/c1-2-15-12-17(16-6-4-3-5-7-16)21-18(13-15)19(23)14-20(25-21)22-8-10-24-11-9-22/h3-7,12-14H,2,8-11H2,1H3. The number of nitrogens with zero attached hydrogens (tertiary/aromatic N) is 1.